The normalized spacial score (nSPS) is 12.2. The molecule has 0 bridgehead atoms. The van der Waals surface area contributed by atoms with Crippen LogP contribution in [0.15, 0.2) is 85.3 Å². The molecule has 0 aliphatic rings. The summed E-state index contributed by atoms with van der Waals surface area (Å²) in [7, 11) is 1.94. The molecule has 0 saturated heterocycles. The molecule has 1 unspecified atom stereocenters. The predicted molar refractivity (Wildman–Crippen MR) is 127 cm³/mol. The second-order valence-electron chi connectivity index (χ2n) is 7.83. The van der Waals surface area contributed by atoms with Gasteiger partial charge < -0.3 is 15.0 Å². The molecule has 2 heterocycles. The van der Waals surface area contributed by atoms with Crippen molar-refractivity contribution in [3.63, 3.8) is 0 Å². The van der Waals surface area contributed by atoms with Crippen molar-refractivity contribution < 1.29 is 9.90 Å². The van der Waals surface area contributed by atoms with Crippen LogP contribution in [0.5, 0.6) is 0 Å². The lowest BCUT2D eigenvalue weighted by atomic mass is 9.98. The van der Waals surface area contributed by atoms with E-state index >= 15 is 0 Å². The Kier molecular flexibility index (Phi) is 5.03. The zero-order valence-corrected chi connectivity index (χ0v) is 17.6. The molecule has 1 atom stereocenters. The highest BCUT2D eigenvalue weighted by Crippen LogP contribution is 2.37. The van der Waals surface area contributed by atoms with E-state index in [1.54, 1.807) is 0 Å². The second kappa shape index (κ2) is 8.15. The number of aryl methyl sites for hydroxylation is 1. The van der Waals surface area contributed by atoms with Crippen molar-refractivity contribution in [3.8, 4) is 11.1 Å². The van der Waals surface area contributed by atoms with E-state index in [2.05, 4.69) is 39.6 Å². The Bertz CT molecular complexity index is 1420. The number of carboxylic acid groups (broad SMARTS) is 1. The highest BCUT2D eigenvalue weighted by Gasteiger charge is 2.22. The van der Waals surface area contributed by atoms with E-state index in [4.69, 9.17) is 0 Å². The van der Waals surface area contributed by atoms with Gasteiger partial charge >= 0.3 is 5.97 Å². The molecular weight excluding hydrogens is 400 g/mol. The van der Waals surface area contributed by atoms with Crippen LogP contribution in [0.4, 0.5) is 5.82 Å². The van der Waals surface area contributed by atoms with Crippen LogP contribution >= 0.6 is 0 Å². The van der Waals surface area contributed by atoms with Crippen LogP contribution in [0.1, 0.15) is 5.56 Å². The minimum Gasteiger partial charge on any atom is -0.480 e. The fraction of sp³-hybridized carbons (Fsp3) is 0.115. The van der Waals surface area contributed by atoms with Gasteiger partial charge in [-0.2, -0.15) is 0 Å². The zero-order valence-electron chi connectivity index (χ0n) is 17.6. The molecule has 0 amide bonds. The van der Waals surface area contributed by atoms with E-state index in [0.717, 1.165) is 38.5 Å². The Morgan fingerprint density at radius 2 is 1.72 bits per heavy atom. The van der Waals surface area contributed by atoms with Gasteiger partial charge in [0.25, 0.3) is 0 Å². The highest BCUT2D eigenvalue weighted by atomic mass is 16.4. The van der Waals surface area contributed by atoms with E-state index < -0.39 is 12.0 Å². The molecule has 3 aromatic carbocycles. The number of aliphatic carboxylic acids is 1. The molecule has 2 N–H and O–H groups in total. The second-order valence-corrected chi connectivity index (χ2v) is 7.83. The highest BCUT2D eigenvalue weighted by molar-refractivity contribution is 6.08. The molecular formula is C26H22N4O2. The third-order valence-corrected chi connectivity index (χ3v) is 5.72. The number of anilines is 1. The molecule has 32 heavy (non-hydrogen) atoms. The van der Waals surface area contributed by atoms with Gasteiger partial charge in [-0.1, -0.05) is 72.8 Å². The maximum Gasteiger partial charge on any atom is 0.326 e. The predicted octanol–water partition coefficient (Wildman–Crippen LogP) is 4.90. The van der Waals surface area contributed by atoms with Gasteiger partial charge in [0.15, 0.2) is 0 Å². The maximum absolute atomic E-state index is 12.1. The van der Waals surface area contributed by atoms with Crippen molar-refractivity contribution in [1.29, 1.82) is 0 Å². The van der Waals surface area contributed by atoms with E-state index in [-0.39, 0.29) is 0 Å². The first-order valence-corrected chi connectivity index (χ1v) is 10.4. The number of fused-ring (bicyclic) bond motifs is 2. The van der Waals surface area contributed by atoms with Crippen LogP contribution in [0, 0.1) is 0 Å². The summed E-state index contributed by atoms with van der Waals surface area (Å²) in [5, 5.41) is 16.1. The molecule has 6 heteroatoms. The third kappa shape index (κ3) is 3.56. The Morgan fingerprint density at radius 1 is 0.969 bits per heavy atom. The van der Waals surface area contributed by atoms with Gasteiger partial charge in [-0.3, -0.25) is 0 Å². The van der Waals surface area contributed by atoms with Crippen molar-refractivity contribution in [2.45, 2.75) is 12.5 Å². The lowest BCUT2D eigenvalue weighted by Crippen LogP contribution is -2.32. The van der Waals surface area contributed by atoms with Gasteiger partial charge in [-0.05, 0) is 21.9 Å². The van der Waals surface area contributed by atoms with E-state index in [0.29, 0.717) is 12.2 Å². The van der Waals surface area contributed by atoms with Crippen molar-refractivity contribution in [2.24, 2.45) is 7.05 Å². The van der Waals surface area contributed by atoms with E-state index in [9.17, 15) is 9.90 Å². The summed E-state index contributed by atoms with van der Waals surface area (Å²) in [6.45, 7) is 0. The van der Waals surface area contributed by atoms with Crippen LogP contribution in [0.2, 0.25) is 0 Å². The molecule has 158 valence electrons. The molecule has 0 spiro atoms. The Morgan fingerprint density at radius 3 is 2.53 bits per heavy atom. The minimum absolute atomic E-state index is 0.345. The van der Waals surface area contributed by atoms with Crippen molar-refractivity contribution in [3.05, 3.63) is 90.9 Å². The van der Waals surface area contributed by atoms with Crippen LogP contribution in [0.3, 0.4) is 0 Å². The first-order valence-electron chi connectivity index (χ1n) is 10.4. The van der Waals surface area contributed by atoms with Gasteiger partial charge in [-0.25, -0.2) is 14.8 Å². The van der Waals surface area contributed by atoms with Crippen molar-refractivity contribution in [2.75, 3.05) is 5.32 Å². The molecule has 0 radical (unpaired) electrons. The molecule has 2 aromatic heterocycles. The van der Waals surface area contributed by atoms with Crippen LogP contribution in [-0.2, 0) is 18.3 Å². The monoisotopic (exact) mass is 422 g/mol. The number of hydrogen-bond acceptors (Lipinski definition) is 4. The minimum atomic E-state index is -0.928. The van der Waals surface area contributed by atoms with Crippen LogP contribution < -0.4 is 5.32 Å². The van der Waals surface area contributed by atoms with Gasteiger partial charge in [0.05, 0.1) is 5.39 Å². The standard InChI is InChI=1S/C26H22N4O2/c1-30-15-21(20-13-7-11-18-10-5-6-12-19(18)20)23-24(27-16-28-25(23)30)29-22(26(31)32)14-17-8-3-2-4-9-17/h2-13,15-16,22H,14H2,1H3,(H,31,32)(H,27,28,29). The van der Waals surface area contributed by atoms with E-state index in [1.165, 1.54) is 6.33 Å². The first kappa shape index (κ1) is 19.8. The average Bonchev–Trinajstić information content (AvgIpc) is 3.16. The Hall–Kier alpha value is -4.19. The van der Waals surface area contributed by atoms with Crippen LogP contribution in [-0.4, -0.2) is 31.7 Å². The Labute approximate surface area is 185 Å². The van der Waals surface area contributed by atoms with Crippen molar-refractivity contribution >= 4 is 33.6 Å². The van der Waals surface area contributed by atoms with Gasteiger partial charge in [-0.15, -0.1) is 0 Å². The molecule has 5 aromatic rings. The molecule has 0 fully saturated rings. The smallest absolute Gasteiger partial charge is 0.326 e. The molecule has 0 aliphatic carbocycles. The van der Waals surface area contributed by atoms with Crippen molar-refractivity contribution in [1.82, 2.24) is 14.5 Å². The number of carbonyl (C=O) groups is 1. The SMILES string of the molecule is Cn1cc(-c2cccc3ccccc23)c2c(NC(Cc3ccccc3)C(=O)O)ncnc21. The van der Waals surface area contributed by atoms with E-state index in [1.807, 2.05) is 66.3 Å². The van der Waals surface area contributed by atoms with Crippen LogP contribution in [0.25, 0.3) is 32.9 Å². The summed E-state index contributed by atoms with van der Waals surface area (Å²) in [6, 6.07) is 23.2. The number of aromatic nitrogens is 3. The zero-order chi connectivity index (χ0) is 22.1. The molecule has 0 saturated carbocycles. The number of nitrogens with zero attached hydrogens (tertiary/aromatic N) is 3. The van der Waals surface area contributed by atoms with Gasteiger partial charge in [0, 0.05) is 25.2 Å². The number of nitrogens with one attached hydrogen (secondary N) is 1. The topological polar surface area (TPSA) is 80.0 Å². The van der Waals surface area contributed by atoms with Gasteiger partial charge in [0.1, 0.15) is 23.8 Å². The summed E-state index contributed by atoms with van der Waals surface area (Å²) < 4.78 is 1.95. The largest absolute Gasteiger partial charge is 0.480 e. The van der Waals surface area contributed by atoms with Gasteiger partial charge in [0.2, 0.25) is 0 Å². The summed E-state index contributed by atoms with van der Waals surface area (Å²) in [5.41, 5.74) is 3.71. The molecule has 0 aliphatic heterocycles. The number of hydrogen-bond donors (Lipinski definition) is 2. The maximum atomic E-state index is 12.1. The Balaban J connectivity index is 1.64. The molecule has 6 nitrogen and oxygen atoms in total. The first-order chi connectivity index (χ1) is 15.6. The number of carboxylic acids is 1. The molecule has 5 rings (SSSR count). The average molecular weight is 422 g/mol. The summed E-state index contributed by atoms with van der Waals surface area (Å²) in [6.07, 6.45) is 3.84. The lowest BCUT2D eigenvalue weighted by molar-refractivity contribution is -0.137. The number of benzene rings is 3. The summed E-state index contributed by atoms with van der Waals surface area (Å²) in [5.74, 6) is -0.412. The number of rotatable bonds is 6. The summed E-state index contributed by atoms with van der Waals surface area (Å²) >= 11 is 0. The fourth-order valence-electron chi connectivity index (χ4n) is 4.20. The third-order valence-electron chi connectivity index (χ3n) is 5.72. The quantitative estimate of drug-likeness (QED) is 0.407. The summed E-state index contributed by atoms with van der Waals surface area (Å²) in [4.78, 5) is 21.0. The lowest BCUT2D eigenvalue weighted by Gasteiger charge is -2.16. The fourth-order valence-corrected chi connectivity index (χ4v) is 4.20.